The van der Waals surface area contributed by atoms with Gasteiger partial charge in [-0.25, -0.2) is 15.0 Å². The van der Waals surface area contributed by atoms with Crippen LogP contribution in [0.3, 0.4) is 0 Å². The third-order valence-corrected chi connectivity index (χ3v) is 3.99. The molecule has 3 aromatic heterocycles. The van der Waals surface area contributed by atoms with Crippen LogP contribution in [-0.2, 0) is 0 Å². The lowest BCUT2D eigenvalue weighted by molar-refractivity contribution is 0.853. The van der Waals surface area contributed by atoms with Gasteiger partial charge in [-0.3, -0.25) is 9.55 Å². The Hall–Kier alpha value is -3.00. The summed E-state index contributed by atoms with van der Waals surface area (Å²) in [4.78, 5) is 17.7. The number of aromatic nitrogens is 5. The second-order valence-corrected chi connectivity index (χ2v) is 6.04. The summed E-state index contributed by atoms with van der Waals surface area (Å²) in [5, 5.41) is 0. The predicted molar refractivity (Wildman–Crippen MR) is 90.8 cm³/mol. The van der Waals surface area contributed by atoms with Gasteiger partial charge < -0.3 is 0 Å². The lowest BCUT2D eigenvalue weighted by Gasteiger charge is -2.04. The zero-order valence-electron chi connectivity index (χ0n) is 13.7. The van der Waals surface area contributed by atoms with Gasteiger partial charge >= 0.3 is 0 Å². The van der Waals surface area contributed by atoms with Crippen molar-refractivity contribution >= 4 is 0 Å². The Morgan fingerprint density at radius 1 is 1.04 bits per heavy atom. The molecule has 0 amide bonds. The van der Waals surface area contributed by atoms with Gasteiger partial charge in [-0.1, -0.05) is 5.92 Å². The van der Waals surface area contributed by atoms with E-state index in [4.69, 9.17) is 0 Å². The smallest absolute Gasteiger partial charge is 0.235 e. The minimum atomic E-state index is 0.602. The Kier molecular flexibility index (Phi) is 3.58. The van der Waals surface area contributed by atoms with Crippen molar-refractivity contribution in [2.75, 3.05) is 0 Å². The second-order valence-electron chi connectivity index (χ2n) is 6.04. The van der Waals surface area contributed by atoms with Gasteiger partial charge in [-0.15, -0.1) is 0 Å². The van der Waals surface area contributed by atoms with E-state index >= 15 is 0 Å². The maximum Gasteiger partial charge on any atom is 0.235 e. The zero-order chi connectivity index (χ0) is 16.5. The third-order valence-electron chi connectivity index (χ3n) is 3.99. The summed E-state index contributed by atoms with van der Waals surface area (Å²) in [5.74, 6) is 8.33. The first-order valence-corrected chi connectivity index (χ1v) is 8.03. The van der Waals surface area contributed by atoms with Gasteiger partial charge in [0.25, 0.3) is 0 Å². The first kappa shape index (κ1) is 14.6. The lowest BCUT2D eigenvalue weighted by atomic mass is 10.2. The van der Waals surface area contributed by atoms with Gasteiger partial charge in [0.05, 0.1) is 0 Å². The number of hydrogen-bond donors (Lipinski definition) is 0. The van der Waals surface area contributed by atoms with Crippen LogP contribution in [0.2, 0.25) is 0 Å². The monoisotopic (exact) mass is 315 g/mol. The molecular formula is C19H17N5. The Bertz CT molecular complexity index is 957. The molecule has 118 valence electrons. The summed E-state index contributed by atoms with van der Waals surface area (Å²) in [6.45, 7) is 3.89. The quantitative estimate of drug-likeness (QED) is 0.682. The molecule has 1 saturated carbocycles. The highest BCUT2D eigenvalue weighted by atomic mass is 15.2. The van der Waals surface area contributed by atoms with Crippen LogP contribution in [0.4, 0.5) is 0 Å². The van der Waals surface area contributed by atoms with Crippen molar-refractivity contribution in [3.05, 3.63) is 65.3 Å². The van der Waals surface area contributed by atoms with E-state index in [0.717, 1.165) is 22.8 Å². The van der Waals surface area contributed by atoms with Crippen molar-refractivity contribution in [2.24, 2.45) is 0 Å². The fourth-order valence-corrected chi connectivity index (χ4v) is 2.58. The van der Waals surface area contributed by atoms with Crippen molar-refractivity contribution in [3.63, 3.8) is 0 Å². The average molecular weight is 315 g/mol. The highest BCUT2D eigenvalue weighted by Crippen LogP contribution is 2.38. The maximum atomic E-state index is 4.66. The fraction of sp³-hybridized carbons (Fsp3) is 0.263. The second kappa shape index (κ2) is 5.89. The molecule has 4 rings (SSSR count). The Morgan fingerprint density at radius 2 is 1.88 bits per heavy atom. The zero-order valence-corrected chi connectivity index (χ0v) is 13.7. The SMILES string of the molecule is Cc1cc(C#Cc2cn(-c3nccc(C4CC4)n3)c(C)n2)ccn1. The van der Waals surface area contributed by atoms with Crippen LogP contribution in [0.5, 0.6) is 0 Å². The Morgan fingerprint density at radius 3 is 2.67 bits per heavy atom. The van der Waals surface area contributed by atoms with Crippen LogP contribution in [0, 0.1) is 25.7 Å². The number of pyridine rings is 1. The van der Waals surface area contributed by atoms with Crippen molar-refractivity contribution < 1.29 is 0 Å². The molecule has 0 atom stereocenters. The molecular weight excluding hydrogens is 298 g/mol. The maximum absolute atomic E-state index is 4.66. The fourth-order valence-electron chi connectivity index (χ4n) is 2.58. The lowest BCUT2D eigenvalue weighted by Crippen LogP contribution is -2.03. The van der Waals surface area contributed by atoms with Crippen molar-refractivity contribution in [2.45, 2.75) is 32.6 Å². The summed E-state index contributed by atoms with van der Waals surface area (Å²) >= 11 is 0. The van der Waals surface area contributed by atoms with E-state index in [1.54, 1.807) is 6.20 Å². The number of aryl methyl sites for hydroxylation is 2. The number of hydrogen-bond acceptors (Lipinski definition) is 4. The highest BCUT2D eigenvalue weighted by Gasteiger charge is 2.25. The molecule has 0 bridgehead atoms. The summed E-state index contributed by atoms with van der Waals surface area (Å²) in [6, 6.07) is 5.85. The molecule has 0 radical (unpaired) electrons. The topological polar surface area (TPSA) is 56.5 Å². The molecule has 0 aromatic carbocycles. The largest absolute Gasteiger partial charge is 0.271 e. The van der Waals surface area contributed by atoms with Crippen LogP contribution in [0.15, 0.2) is 36.8 Å². The van der Waals surface area contributed by atoms with Crippen LogP contribution >= 0.6 is 0 Å². The van der Waals surface area contributed by atoms with Gasteiger partial charge in [0, 0.05) is 41.5 Å². The number of nitrogens with zero attached hydrogens (tertiary/aromatic N) is 5. The van der Waals surface area contributed by atoms with E-state index in [2.05, 4.69) is 31.8 Å². The summed E-state index contributed by atoms with van der Waals surface area (Å²) in [7, 11) is 0. The molecule has 1 aliphatic rings. The summed E-state index contributed by atoms with van der Waals surface area (Å²) < 4.78 is 1.90. The van der Waals surface area contributed by atoms with E-state index in [9.17, 15) is 0 Å². The Balaban J connectivity index is 1.64. The van der Waals surface area contributed by atoms with Gasteiger partial charge in [0.2, 0.25) is 5.95 Å². The van der Waals surface area contributed by atoms with Gasteiger partial charge in [0.15, 0.2) is 0 Å². The minimum Gasteiger partial charge on any atom is -0.271 e. The summed E-state index contributed by atoms with van der Waals surface area (Å²) in [6.07, 6.45) is 7.92. The highest BCUT2D eigenvalue weighted by molar-refractivity contribution is 5.40. The minimum absolute atomic E-state index is 0.602. The van der Waals surface area contributed by atoms with Crippen molar-refractivity contribution in [1.82, 2.24) is 24.5 Å². The molecule has 0 spiro atoms. The van der Waals surface area contributed by atoms with Gasteiger partial charge in [0.1, 0.15) is 11.5 Å². The van der Waals surface area contributed by atoms with Crippen molar-refractivity contribution in [3.8, 4) is 17.8 Å². The third kappa shape index (κ3) is 3.04. The van der Waals surface area contributed by atoms with E-state index < -0.39 is 0 Å². The van der Waals surface area contributed by atoms with E-state index in [0.29, 0.717) is 17.6 Å². The molecule has 3 aromatic rings. The molecule has 0 saturated heterocycles. The first-order valence-electron chi connectivity index (χ1n) is 8.03. The molecule has 0 aliphatic heterocycles. The van der Waals surface area contributed by atoms with E-state index in [1.165, 1.54) is 12.8 Å². The van der Waals surface area contributed by atoms with E-state index in [1.807, 2.05) is 49.0 Å². The summed E-state index contributed by atoms with van der Waals surface area (Å²) in [5.41, 5.74) is 3.71. The van der Waals surface area contributed by atoms with Gasteiger partial charge in [-0.05, 0) is 50.8 Å². The number of rotatable bonds is 2. The molecule has 5 heteroatoms. The molecule has 24 heavy (non-hydrogen) atoms. The molecule has 3 heterocycles. The van der Waals surface area contributed by atoms with E-state index in [-0.39, 0.29) is 0 Å². The number of imidazole rings is 1. The Labute approximate surface area is 140 Å². The first-order chi connectivity index (χ1) is 11.7. The molecule has 1 aliphatic carbocycles. The van der Waals surface area contributed by atoms with Crippen LogP contribution in [0.25, 0.3) is 5.95 Å². The van der Waals surface area contributed by atoms with Crippen LogP contribution in [0.1, 0.15) is 47.2 Å². The normalized spacial score (nSPS) is 13.4. The van der Waals surface area contributed by atoms with Crippen LogP contribution in [-0.4, -0.2) is 24.5 Å². The molecule has 0 unspecified atom stereocenters. The predicted octanol–water partition coefficient (Wildman–Crippen LogP) is 2.95. The van der Waals surface area contributed by atoms with Crippen LogP contribution < -0.4 is 0 Å². The van der Waals surface area contributed by atoms with Crippen molar-refractivity contribution in [1.29, 1.82) is 0 Å². The standard InChI is InChI=1S/C19H17N5/c1-13-11-15(7-9-20-13)3-6-17-12-24(14(2)22-17)19-21-10-8-18(23-19)16-4-5-16/h7-12,16H,4-5H2,1-2H3. The molecule has 5 nitrogen and oxygen atoms in total. The molecule has 0 N–H and O–H groups in total. The average Bonchev–Trinajstić information content (AvgIpc) is 3.36. The molecule has 1 fully saturated rings. The van der Waals surface area contributed by atoms with Gasteiger partial charge in [-0.2, -0.15) is 0 Å².